The van der Waals surface area contributed by atoms with Crippen molar-refractivity contribution in [1.29, 1.82) is 0 Å². The van der Waals surface area contributed by atoms with E-state index in [1.807, 2.05) is 30.3 Å². The summed E-state index contributed by atoms with van der Waals surface area (Å²) in [6, 6.07) is 12.3. The maximum absolute atomic E-state index is 12.7. The molecule has 1 fully saturated rings. The Labute approximate surface area is 182 Å². The summed E-state index contributed by atoms with van der Waals surface area (Å²) in [7, 11) is 0. The highest BCUT2D eigenvalue weighted by molar-refractivity contribution is 5.78. The summed E-state index contributed by atoms with van der Waals surface area (Å²) in [4.78, 5) is 28.9. The van der Waals surface area contributed by atoms with Crippen LogP contribution in [-0.4, -0.2) is 36.6 Å². The number of rotatable bonds is 5. The van der Waals surface area contributed by atoms with Crippen molar-refractivity contribution < 1.29 is 4.42 Å². The first kappa shape index (κ1) is 18.6. The number of pyridine rings is 3. The molecule has 9 heteroatoms. The van der Waals surface area contributed by atoms with Gasteiger partial charge >= 0.3 is 0 Å². The number of hydrogen-bond acceptors (Lipinski definition) is 7. The first-order valence-corrected chi connectivity index (χ1v) is 10.6. The summed E-state index contributed by atoms with van der Waals surface area (Å²) in [6.07, 6.45) is 9.90. The molecule has 1 aliphatic rings. The zero-order valence-corrected chi connectivity index (χ0v) is 17.2. The standard InChI is InChI=1S/C23H21N7O2/c31-22-17-7-10-24-18(17)8-11-30(22)16-5-6-20(26-13-16)27-14-3-4-15(12-14)28-23-29-19-2-1-9-25-21(19)32-23/h1-2,5-11,13-15,24H,3-4,12H2,(H,26,27)(H,28,29)/t14-,15-/m0/s1. The summed E-state index contributed by atoms with van der Waals surface area (Å²) in [5, 5.41) is 7.53. The van der Waals surface area contributed by atoms with Crippen molar-refractivity contribution in [3.05, 3.63) is 71.5 Å². The molecular weight excluding hydrogens is 406 g/mol. The predicted molar refractivity (Wildman–Crippen MR) is 122 cm³/mol. The summed E-state index contributed by atoms with van der Waals surface area (Å²) in [5.41, 5.74) is 2.80. The second-order valence-electron chi connectivity index (χ2n) is 8.04. The molecule has 9 nitrogen and oxygen atoms in total. The van der Waals surface area contributed by atoms with Gasteiger partial charge in [-0.05, 0) is 55.7 Å². The number of aromatic amines is 1. The summed E-state index contributed by atoms with van der Waals surface area (Å²) >= 11 is 0. The molecule has 0 amide bonds. The number of oxazole rings is 1. The third kappa shape index (κ3) is 3.37. The van der Waals surface area contributed by atoms with E-state index in [2.05, 4.69) is 30.6 Å². The highest BCUT2D eigenvalue weighted by Crippen LogP contribution is 2.26. The molecule has 0 saturated heterocycles. The molecular formula is C23H21N7O2. The molecule has 160 valence electrons. The fourth-order valence-corrected chi connectivity index (χ4v) is 4.33. The largest absolute Gasteiger partial charge is 0.404 e. The highest BCUT2D eigenvalue weighted by Gasteiger charge is 2.26. The van der Waals surface area contributed by atoms with Crippen molar-refractivity contribution in [2.75, 3.05) is 10.6 Å². The molecule has 5 aromatic rings. The van der Waals surface area contributed by atoms with Gasteiger partial charge in [0, 0.05) is 30.7 Å². The van der Waals surface area contributed by atoms with Crippen LogP contribution in [0.15, 0.2) is 70.4 Å². The van der Waals surface area contributed by atoms with Gasteiger partial charge in [0.1, 0.15) is 11.3 Å². The molecule has 3 N–H and O–H groups in total. The van der Waals surface area contributed by atoms with Gasteiger partial charge in [0.2, 0.25) is 5.71 Å². The number of aromatic nitrogens is 5. The molecule has 0 aliphatic heterocycles. The molecule has 5 heterocycles. The Bertz CT molecular complexity index is 1420. The first-order valence-electron chi connectivity index (χ1n) is 10.6. The number of nitrogens with zero attached hydrogens (tertiary/aromatic N) is 4. The van der Waals surface area contributed by atoms with Crippen LogP contribution in [0.4, 0.5) is 11.8 Å². The normalized spacial score (nSPS) is 18.4. The van der Waals surface area contributed by atoms with Crippen LogP contribution in [0.2, 0.25) is 0 Å². The van der Waals surface area contributed by atoms with E-state index in [1.165, 1.54) is 0 Å². The molecule has 32 heavy (non-hydrogen) atoms. The van der Waals surface area contributed by atoms with Crippen molar-refractivity contribution in [1.82, 2.24) is 24.5 Å². The number of H-pyrrole nitrogens is 1. The third-order valence-corrected chi connectivity index (χ3v) is 5.92. The molecule has 0 aromatic carbocycles. The molecule has 2 atom stereocenters. The van der Waals surface area contributed by atoms with Gasteiger partial charge in [-0.2, -0.15) is 4.98 Å². The summed E-state index contributed by atoms with van der Waals surface area (Å²) < 4.78 is 7.28. The van der Waals surface area contributed by atoms with Gasteiger partial charge in [-0.3, -0.25) is 9.36 Å². The Morgan fingerprint density at radius 1 is 1.06 bits per heavy atom. The van der Waals surface area contributed by atoms with Gasteiger partial charge in [-0.25, -0.2) is 9.97 Å². The minimum atomic E-state index is -0.0645. The minimum absolute atomic E-state index is 0.0645. The average Bonchev–Trinajstić information content (AvgIpc) is 3.54. The van der Waals surface area contributed by atoms with Crippen LogP contribution in [0.5, 0.6) is 0 Å². The zero-order chi connectivity index (χ0) is 21.5. The Balaban J connectivity index is 1.11. The maximum atomic E-state index is 12.7. The molecule has 0 bridgehead atoms. The lowest BCUT2D eigenvalue weighted by atomic mass is 10.2. The third-order valence-electron chi connectivity index (χ3n) is 5.92. The lowest BCUT2D eigenvalue weighted by Crippen LogP contribution is -2.21. The Kier molecular flexibility index (Phi) is 4.38. The van der Waals surface area contributed by atoms with Crippen LogP contribution in [0.25, 0.3) is 27.8 Å². The van der Waals surface area contributed by atoms with Gasteiger partial charge < -0.3 is 20.0 Å². The van der Waals surface area contributed by atoms with Gasteiger partial charge in [0.15, 0.2) is 0 Å². The zero-order valence-electron chi connectivity index (χ0n) is 17.2. The van der Waals surface area contributed by atoms with E-state index in [0.717, 1.165) is 41.8 Å². The van der Waals surface area contributed by atoms with Crippen molar-refractivity contribution >= 4 is 34.0 Å². The van der Waals surface area contributed by atoms with Crippen LogP contribution in [0.1, 0.15) is 19.3 Å². The maximum Gasteiger partial charge on any atom is 0.297 e. The Hall–Kier alpha value is -4.14. The second-order valence-corrected chi connectivity index (χ2v) is 8.04. The van der Waals surface area contributed by atoms with Crippen molar-refractivity contribution in [3.63, 3.8) is 0 Å². The predicted octanol–water partition coefficient (Wildman–Crippen LogP) is 3.70. The van der Waals surface area contributed by atoms with Crippen LogP contribution in [0, 0.1) is 0 Å². The quantitative estimate of drug-likeness (QED) is 0.392. The average molecular weight is 427 g/mol. The van der Waals surface area contributed by atoms with Crippen molar-refractivity contribution in [3.8, 4) is 5.69 Å². The highest BCUT2D eigenvalue weighted by atomic mass is 16.4. The van der Waals surface area contributed by atoms with E-state index in [9.17, 15) is 4.79 Å². The van der Waals surface area contributed by atoms with Crippen molar-refractivity contribution in [2.45, 2.75) is 31.3 Å². The van der Waals surface area contributed by atoms with E-state index in [0.29, 0.717) is 23.2 Å². The number of fused-ring (bicyclic) bond motifs is 2. The van der Waals surface area contributed by atoms with Gasteiger partial charge in [0.05, 0.1) is 22.8 Å². The minimum Gasteiger partial charge on any atom is -0.404 e. The summed E-state index contributed by atoms with van der Waals surface area (Å²) in [6.45, 7) is 0. The summed E-state index contributed by atoms with van der Waals surface area (Å²) in [5.74, 6) is 0.793. The van der Waals surface area contributed by atoms with Crippen LogP contribution in [-0.2, 0) is 0 Å². The van der Waals surface area contributed by atoms with E-state index < -0.39 is 0 Å². The van der Waals surface area contributed by atoms with E-state index >= 15 is 0 Å². The Morgan fingerprint density at radius 2 is 1.97 bits per heavy atom. The number of hydrogen-bond donors (Lipinski definition) is 3. The van der Waals surface area contributed by atoms with E-state index in [-0.39, 0.29) is 11.6 Å². The molecule has 5 aromatic heterocycles. The molecule has 1 aliphatic carbocycles. The second kappa shape index (κ2) is 7.52. The molecule has 0 spiro atoms. The lowest BCUT2D eigenvalue weighted by molar-refractivity contribution is 0.583. The fraction of sp³-hybridized carbons (Fsp3) is 0.217. The van der Waals surface area contributed by atoms with Crippen LogP contribution < -0.4 is 16.2 Å². The smallest absolute Gasteiger partial charge is 0.297 e. The topological polar surface area (TPSA) is 114 Å². The number of anilines is 2. The lowest BCUT2D eigenvalue weighted by Gasteiger charge is -2.15. The van der Waals surface area contributed by atoms with E-state index in [1.54, 1.807) is 35.4 Å². The van der Waals surface area contributed by atoms with Crippen LogP contribution >= 0.6 is 0 Å². The van der Waals surface area contributed by atoms with Gasteiger partial charge in [-0.15, -0.1) is 0 Å². The molecule has 1 saturated carbocycles. The van der Waals surface area contributed by atoms with Gasteiger partial charge in [-0.1, -0.05) is 0 Å². The van der Waals surface area contributed by atoms with Gasteiger partial charge in [0.25, 0.3) is 11.6 Å². The SMILES string of the molecule is O=c1c2cc[nH]c2ccn1-c1ccc(N[C@H]2CC[C@H](Nc3nc4cccnc4o3)C2)nc1. The van der Waals surface area contributed by atoms with E-state index in [4.69, 9.17) is 4.42 Å². The monoisotopic (exact) mass is 427 g/mol. The first-order chi connectivity index (χ1) is 15.7. The molecule has 0 unspecified atom stereocenters. The molecule has 6 rings (SSSR count). The number of nitrogens with one attached hydrogen (secondary N) is 3. The Morgan fingerprint density at radius 3 is 2.81 bits per heavy atom. The van der Waals surface area contributed by atoms with Crippen LogP contribution in [0.3, 0.4) is 0 Å². The van der Waals surface area contributed by atoms with Crippen molar-refractivity contribution in [2.24, 2.45) is 0 Å². The molecule has 0 radical (unpaired) electrons. The fourth-order valence-electron chi connectivity index (χ4n) is 4.33.